The Morgan fingerprint density at radius 3 is 2.81 bits per heavy atom. The molecule has 0 bridgehead atoms. The number of carbonyl (C=O) groups is 1. The van der Waals surface area contributed by atoms with Crippen LogP contribution in [0, 0.1) is 5.82 Å². The number of benzene rings is 2. The van der Waals surface area contributed by atoms with Crippen molar-refractivity contribution in [2.24, 2.45) is 0 Å². The zero-order valence-corrected chi connectivity index (χ0v) is 11.1. The van der Waals surface area contributed by atoms with Gasteiger partial charge in [0.1, 0.15) is 5.82 Å². The largest absolute Gasteiger partial charge is 0.454 e. The van der Waals surface area contributed by atoms with E-state index in [1.807, 2.05) is 0 Å². The normalized spacial score (nSPS) is 12.0. The van der Waals surface area contributed by atoms with Gasteiger partial charge in [-0.05, 0) is 24.3 Å². The lowest BCUT2D eigenvalue weighted by molar-refractivity contribution is -0.114. The molecule has 0 aromatic heterocycles. The molecule has 1 heterocycles. The van der Waals surface area contributed by atoms with Crippen LogP contribution in [0.3, 0.4) is 0 Å². The molecule has 108 valence electrons. The summed E-state index contributed by atoms with van der Waals surface area (Å²) in [5.74, 6) is 0.512. The molecule has 0 atom stereocenters. The van der Waals surface area contributed by atoms with Crippen LogP contribution in [0.5, 0.6) is 11.5 Å². The van der Waals surface area contributed by atoms with E-state index < -0.39 is 5.82 Å². The second kappa shape index (κ2) is 5.70. The molecule has 6 heteroatoms. The lowest BCUT2D eigenvalue weighted by Gasteiger charge is -2.09. The monoisotopic (exact) mass is 288 g/mol. The van der Waals surface area contributed by atoms with Gasteiger partial charge in [0.05, 0.1) is 12.2 Å². The number of halogens is 1. The molecule has 0 saturated carbocycles. The molecule has 0 radical (unpaired) electrons. The molecule has 2 N–H and O–H groups in total. The summed E-state index contributed by atoms with van der Waals surface area (Å²) in [5, 5.41) is 5.44. The smallest absolute Gasteiger partial charge is 0.243 e. The molecule has 1 aliphatic rings. The molecule has 21 heavy (non-hydrogen) atoms. The van der Waals surface area contributed by atoms with Crippen LogP contribution in [-0.2, 0) is 4.79 Å². The van der Waals surface area contributed by atoms with Crippen molar-refractivity contribution < 1.29 is 18.7 Å². The maximum Gasteiger partial charge on any atom is 0.243 e. The predicted octanol–water partition coefficient (Wildman–Crippen LogP) is 2.61. The summed E-state index contributed by atoms with van der Waals surface area (Å²) >= 11 is 0. The molecule has 5 nitrogen and oxygen atoms in total. The molecule has 0 saturated heterocycles. The Labute approximate surface area is 120 Å². The summed E-state index contributed by atoms with van der Waals surface area (Å²) in [5.41, 5.74) is 0.887. The lowest BCUT2D eigenvalue weighted by Crippen LogP contribution is -2.22. The number of nitrogens with one attached hydrogen (secondary N) is 2. The van der Waals surface area contributed by atoms with Crippen molar-refractivity contribution >= 4 is 17.3 Å². The fourth-order valence-electron chi connectivity index (χ4n) is 1.95. The highest BCUT2D eigenvalue weighted by molar-refractivity contribution is 5.93. The second-order valence-electron chi connectivity index (χ2n) is 4.45. The van der Waals surface area contributed by atoms with Crippen LogP contribution < -0.4 is 20.1 Å². The molecule has 0 spiro atoms. The fourth-order valence-corrected chi connectivity index (χ4v) is 1.95. The number of carbonyl (C=O) groups excluding carboxylic acids is 1. The molecule has 1 amide bonds. The first-order valence-electron chi connectivity index (χ1n) is 6.40. The fraction of sp³-hybridized carbons (Fsp3) is 0.133. The maximum absolute atomic E-state index is 13.4. The van der Waals surface area contributed by atoms with Crippen LogP contribution in [0.4, 0.5) is 15.8 Å². The molecule has 0 aliphatic carbocycles. The number of rotatable bonds is 4. The van der Waals surface area contributed by atoms with Gasteiger partial charge in [0.15, 0.2) is 11.5 Å². The first-order valence-corrected chi connectivity index (χ1v) is 6.40. The third-order valence-corrected chi connectivity index (χ3v) is 2.97. The first-order chi connectivity index (χ1) is 10.2. The van der Waals surface area contributed by atoms with Crippen LogP contribution in [0.15, 0.2) is 42.5 Å². The van der Waals surface area contributed by atoms with Crippen molar-refractivity contribution in [3.63, 3.8) is 0 Å². The average Bonchev–Trinajstić information content (AvgIpc) is 2.95. The Kier molecular flexibility index (Phi) is 3.59. The number of anilines is 2. The number of hydrogen-bond acceptors (Lipinski definition) is 4. The van der Waals surface area contributed by atoms with Crippen molar-refractivity contribution in [3.8, 4) is 11.5 Å². The van der Waals surface area contributed by atoms with E-state index in [0.717, 1.165) is 5.69 Å². The molecular formula is C15H13FN2O3. The number of fused-ring (bicyclic) bond motifs is 1. The topological polar surface area (TPSA) is 59.6 Å². The Morgan fingerprint density at radius 1 is 1.14 bits per heavy atom. The predicted molar refractivity (Wildman–Crippen MR) is 76.1 cm³/mol. The van der Waals surface area contributed by atoms with E-state index in [0.29, 0.717) is 11.5 Å². The van der Waals surface area contributed by atoms with Crippen molar-refractivity contribution in [2.75, 3.05) is 24.0 Å². The molecular weight excluding hydrogens is 275 g/mol. The van der Waals surface area contributed by atoms with Gasteiger partial charge < -0.3 is 20.1 Å². The zero-order chi connectivity index (χ0) is 14.7. The first kappa shape index (κ1) is 13.2. The number of para-hydroxylation sites is 1. The molecule has 3 rings (SSSR count). The van der Waals surface area contributed by atoms with Gasteiger partial charge in [-0.15, -0.1) is 0 Å². The van der Waals surface area contributed by atoms with Crippen LogP contribution in [-0.4, -0.2) is 19.2 Å². The van der Waals surface area contributed by atoms with Gasteiger partial charge in [0.25, 0.3) is 0 Å². The summed E-state index contributed by atoms with van der Waals surface area (Å²) in [6.07, 6.45) is 0. The van der Waals surface area contributed by atoms with Gasteiger partial charge in [-0.1, -0.05) is 12.1 Å². The third kappa shape index (κ3) is 3.05. The van der Waals surface area contributed by atoms with Gasteiger partial charge in [-0.2, -0.15) is 0 Å². The summed E-state index contributed by atoms with van der Waals surface area (Å²) in [4.78, 5) is 11.8. The summed E-state index contributed by atoms with van der Waals surface area (Å²) in [7, 11) is 0. The average molecular weight is 288 g/mol. The van der Waals surface area contributed by atoms with Gasteiger partial charge in [-0.25, -0.2) is 4.39 Å². The second-order valence-corrected chi connectivity index (χ2v) is 4.45. The number of hydrogen-bond donors (Lipinski definition) is 2. The van der Waals surface area contributed by atoms with Crippen molar-refractivity contribution in [1.82, 2.24) is 0 Å². The minimum Gasteiger partial charge on any atom is -0.454 e. The quantitative estimate of drug-likeness (QED) is 0.908. The van der Waals surface area contributed by atoms with Gasteiger partial charge in [-0.3, -0.25) is 4.79 Å². The van der Waals surface area contributed by atoms with Crippen molar-refractivity contribution in [1.29, 1.82) is 0 Å². The van der Waals surface area contributed by atoms with Crippen LogP contribution in [0.25, 0.3) is 0 Å². The van der Waals surface area contributed by atoms with E-state index >= 15 is 0 Å². The van der Waals surface area contributed by atoms with E-state index in [-0.39, 0.29) is 24.9 Å². The van der Waals surface area contributed by atoms with E-state index in [1.165, 1.54) is 12.1 Å². The zero-order valence-electron chi connectivity index (χ0n) is 11.1. The van der Waals surface area contributed by atoms with Gasteiger partial charge in [0.2, 0.25) is 12.7 Å². The molecule has 0 fully saturated rings. The van der Waals surface area contributed by atoms with E-state index in [2.05, 4.69) is 10.6 Å². The van der Waals surface area contributed by atoms with Crippen molar-refractivity contribution in [2.45, 2.75) is 0 Å². The number of amides is 1. The third-order valence-electron chi connectivity index (χ3n) is 2.97. The molecule has 2 aromatic carbocycles. The lowest BCUT2D eigenvalue weighted by atomic mass is 10.2. The van der Waals surface area contributed by atoms with Gasteiger partial charge >= 0.3 is 0 Å². The summed E-state index contributed by atoms with van der Waals surface area (Å²) in [6.45, 7) is 0.223. The SMILES string of the molecule is O=C(CNc1ccc2c(c1)OCO2)Nc1ccccc1F. The highest BCUT2D eigenvalue weighted by Crippen LogP contribution is 2.34. The minimum atomic E-state index is -0.464. The van der Waals surface area contributed by atoms with Crippen LogP contribution in [0.2, 0.25) is 0 Å². The van der Waals surface area contributed by atoms with E-state index in [1.54, 1.807) is 30.3 Å². The van der Waals surface area contributed by atoms with E-state index in [4.69, 9.17) is 9.47 Å². The highest BCUT2D eigenvalue weighted by Gasteiger charge is 2.13. The summed E-state index contributed by atoms with van der Waals surface area (Å²) < 4.78 is 23.8. The Hall–Kier alpha value is -2.76. The van der Waals surface area contributed by atoms with Crippen LogP contribution in [0.1, 0.15) is 0 Å². The Balaban J connectivity index is 1.58. The highest BCUT2D eigenvalue weighted by atomic mass is 19.1. The minimum absolute atomic E-state index is 0.0218. The number of ether oxygens (including phenoxy) is 2. The summed E-state index contributed by atoms with van der Waals surface area (Å²) in [6, 6.07) is 11.3. The van der Waals surface area contributed by atoms with E-state index in [9.17, 15) is 9.18 Å². The Bertz CT molecular complexity index is 676. The van der Waals surface area contributed by atoms with Crippen molar-refractivity contribution in [3.05, 3.63) is 48.3 Å². The van der Waals surface area contributed by atoms with Crippen LogP contribution >= 0.6 is 0 Å². The molecule has 0 unspecified atom stereocenters. The molecule has 2 aromatic rings. The van der Waals surface area contributed by atoms with Gasteiger partial charge in [0, 0.05) is 11.8 Å². The Morgan fingerprint density at radius 2 is 1.95 bits per heavy atom. The molecule has 1 aliphatic heterocycles. The standard InChI is InChI=1S/C15H13FN2O3/c16-11-3-1-2-4-12(11)18-15(19)8-17-10-5-6-13-14(7-10)21-9-20-13/h1-7,17H,8-9H2,(H,18,19). The maximum atomic E-state index is 13.4.